The molecule has 1 N–H and O–H groups in total. The zero-order valence-electron chi connectivity index (χ0n) is 10.3. The van der Waals surface area contributed by atoms with Gasteiger partial charge < -0.3 is 5.32 Å². The van der Waals surface area contributed by atoms with Crippen molar-refractivity contribution in [1.29, 1.82) is 0 Å². The monoisotopic (exact) mass is 215 g/mol. The second kappa shape index (κ2) is 3.59. The first kappa shape index (κ1) is 10.3. The summed E-state index contributed by atoms with van der Waals surface area (Å²) in [5, 5.41) is 3.44. The Kier molecular flexibility index (Phi) is 2.32. The number of hydrogen-bond donors (Lipinski definition) is 1. The van der Waals surface area contributed by atoms with Crippen LogP contribution < -0.4 is 5.32 Å². The minimum atomic E-state index is 0.569. The Morgan fingerprint density at radius 2 is 2.25 bits per heavy atom. The van der Waals surface area contributed by atoms with Gasteiger partial charge in [0, 0.05) is 6.04 Å². The van der Waals surface area contributed by atoms with Crippen molar-refractivity contribution < 1.29 is 0 Å². The lowest BCUT2D eigenvalue weighted by molar-refractivity contribution is 0.349. The van der Waals surface area contributed by atoms with Crippen molar-refractivity contribution in [2.24, 2.45) is 5.92 Å². The second-order valence-corrected chi connectivity index (χ2v) is 5.69. The van der Waals surface area contributed by atoms with E-state index in [1.807, 2.05) is 0 Å². The minimum absolute atomic E-state index is 0.569. The van der Waals surface area contributed by atoms with Gasteiger partial charge in [0.25, 0.3) is 0 Å². The van der Waals surface area contributed by atoms with E-state index in [0.29, 0.717) is 5.41 Å². The zero-order valence-corrected chi connectivity index (χ0v) is 10.3. The van der Waals surface area contributed by atoms with E-state index in [4.69, 9.17) is 0 Å². The van der Waals surface area contributed by atoms with Crippen LogP contribution in [0.2, 0.25) is 0 Å². The fourth-order valence-electron chi connectivity index (χ4n) is 3.60. The van der Waals surface area contributed by atoms with Gasteiger partial charge in [-0.15, -0.1) is 0 Å². The predicted molar refractivity (Wildman–Crippen MR) is 67.7 cm³/mol. The summed E-state index contributed by atoms with van der Waals surface area (Å²) < 4.78 is 0. The molecule has 0 saturated heterocycles. The van der Waals surface area contributed by atoms with Crippen molar-refractivity contribution in [2.45, 2.75) is 44.1 Å². The number of nitrogens with one attached hydrogen (secondary N) is 1. The van der Waals surface area contributed by atoms with Crippen LogP contribution in [0.15, 0.2) is 24.3 Å². The van der Waals surface area contributed by atoms with Crippen LogP contribution in [0.3, 0.4) is 0 Å². The molecule has 2 aliphatic carbocycles. The molecule has 1 heteroatoms. The Morgan fingerprint density at radius 3 is 2.94 bits per heavy atom. The van der Waals surface area contributed by atoms with E-state index in [1.165, 1.54) is 31.2 Å². The van der Waals surface area contributed by atoms with Crippen LogP contribution in [-0.4, -0.2) is 13.1 Å². The van der Waals surface area contributed by atoms with Gasteiger partial charge in [0.15, 0.2) is 0 Å². The molecule has 1 nitrogen and oxygen atoms in total. The quantitative estimate of drug-likeness (QED) is 0.799. The van der Waals surface area contributed by atoms with Gasteiger partial charge in [0.2, 0.25) is 0 Å². The molecule has 2 fully saturated rings. The van der Waals surface area contributed by atoms with E-state index in [1.54, 1.807) is 5.56 Å². The molecule has 3 rings (SSSR count). The Morgan fingerprint density at radius 1 is 1.38 bits per heavy atom. The van der Waals surface area contributed by atoms with Crippen molar-refractivity contribution >= 4 is 0 Å². The lowest BCUT2D eigenvalue weighted by atomic mass is 9.80. The molecule has 86 valence electrons. The van der Waals surface area contributed by atoms with Gasteiger partial charge in [0.1, 0.15) is 0 Å². The van der Waals surface area contributed by atoms with Gasteiger partial charge in [-0.25, -0.2) is 0 Å². The molecule has 1 aromatic rings. The largest absolute Gasteiger partial charge is 0.317 e. The summed E-state index contributed by atoms with van der Waals surface area (Å²) in [6.45, 7) is 2.21. The Labute approximate surface area is 98.3 Å². The first-order valence-corrected chi connectivity index (χ1v) is 6.49. The maximum Gasteiger partial charge on any atom is 0.00673 e. The van der Waals surface area contributed by atoms with Crippen molar-refractivity contribution in [3.8, 4) is 0 Å². The zero-order chi connectivity index (χ0) is 11.2. The molecular weight excluding hydrogens is 194 g/mol. The summed E-state index contributed by atoms with van der Waals surface area (Å²) in [5.41, 5.74) is 3.58. The van der Waals surface area contributed by atoms with Gasteiger partial charge in [-0.1, -0.05) is 29.8 Å². The highest BCUT2D eigenvalue weighted by atomic mass is 14.9. The van der Waals surface area contributed by atoms with Crippen LogP contribution >= 0.6 is 0 Å². The lowest BCUT2D eigenvalue weighted by Crippen LogP contribution is -2.32. The van der Waals surface area contributed by atoms with Crippen molar-refractivity contribution in [2.75, 3.05) is 7.05 Å². The molecule has 0 aliphatic heterocycles. The summed E-state index contributed by atoms with van der Waals surface area (Å²) in [6.07, 6.45) is 5.53. The summed E-state index contributed by atoms with van der Waals surface area (Å²) in [7, 11) is 2.10. The fraction of sp³-hybridized carbons (Fsp3) is 0.600. The topological polar surface area (TPSA) is 12.0 Å². The normalized spacial score (nSPS) is 36.9. The highest BCUT2D eigenvalue weighted by Crippen LogP contribution is 2.62. The fourth-order valence-corrected chi connectivity index (χ4v) is 3.60. The average Bonchev–Trinajstić information content (AvgIpc) is 3.03. The van der Waals surface area contributed by atoms with Crippen LogP contribution in [0, 0.1) is 12.8 Å². The average molecular weight is 215 g/mol. The lowest BCUT2D eigenvalue weighted by Gasteiger charge is -2.28. The van der Waals surface area contributed by atoms with Gasteiger partial charge in [0.05, 0.1) is 0 Å². The van der Waals surface area contributed by atoms with Crippen molar-refractivity contribution in [1.82, 2.24) is 5.32 Å². The molecule has 3 atom stereocenters. The van der Waals surface area contributed by atoms with Crippen LogP contribution in [0.4, 0.5) is 0 Å². The van der Waals surface area contributed by atoms with E-state index in [0.717, 1.165) is 12.0 Å². The first-order valence-electron chi connectivity index (χ1n) is 6.49. The number of fused-ring (bicyclic) bond motifs is 1. The summed E-state index contributed by atoms with van der Waals surface area (Å²) in [4.78, 5) is 0. The number of aryl methyl sites for hydroxylation is 1. The summed E-state index contributed by atoms with van der Waals surface area (Å²) >= 11 is 0. The maximum absolute atomic E-state index is 3.44. The SMILES string of the molecule is CNC1CCC2(c3cccc(C)c3)CC2C1. The molecule has 0 aromatic heterocycles. The second-order valence-electron chi connectivity index (χ2n) is 5.69. The molecule has 0 spiro atoms. The maximum atomic E-state index is 3.44. The van der Waals surface area contributed by atoms with Crippen molar-refractivity contribution in [3.05, 3.63) is 35.4 Å². The Bertz CT molecular complexity index is 398. The molecule has 2 aliphatic rings. The van der Waals surface area contributed by atoms with E-state index in [9.17, 15) is 0 Å². The van der Waals surface area contributed by atoms with Gasteiger partial charge in [-0.3, -0.25) is 0 Å². The number of rotatable bonds is 2. The van der Waals surface area contributed by atoms with Crippen LogP contribution in [0.25, 0.3) is 0 Å². The molecule has 0 heterocycles. The van der Waals surface area contributed by atoms with Gasteiger partial charge >= 0.3 is 0 Å². The number of hydrogen-bond acceptors (Lipinski definition) is 1. The Balaban J connectivity index is 1.83. The Hall–Kier alpha value is -0.820. The van der Waals surface area contributed by atoms with E-state index >= 15 is 0 Å². The standard InChI is InChI=1S/C15H21N/c1-11-4-3-5-12(8-11)15-7-6-14(16-2)9-13(15)10-15/h3-5,8,13-14,16H,6-7,9-10H2,1-2H3. The van der Waals surface area contributed by atoms with E-state index in [2.05, 4.69) is 43.6 Å². The number of benzene rings is 1. The summed E-state index contributed by atoms with van der Waals surface area (Å²) in [6, 6.07) is 9.94. The molecule has 0 bridgehead atoms. The van der Waals surface area contributed by atoms with Crippen LogP contribution in [-0.2, 0) is 5.41 Å². The van der Waals surface area contributed by atoms with Gasteiger partial charge in [-0.2, -0.15) is 0 Å². The molecular formula is C15H21N. The highest BCUT2D eigenvalue weighted by Gasteiger charge is 2.57. The third kappa shape index (κ3) is 1.49. The van der Waals surface area contributed by atoms with E-state index in [-0.39, 0.29) is 0 Å². The smallest absolute Gasteiger partial charge is 0.00673 e. The molecule has 0 amide bonds. The van der Waals surface area contributed by atoms with Crippen LogP contribution in [0.5, 0.6) is 0 Å². The molecule has 16 heavy (non-hydrogen) atoms. The van der Waals surface area contributed by atoms with Crippen LogP contribution in [0.1, 0.15) is 36.8 Å². The first-order chi connectivity index (χ1) is 7.74. The third-order valence-electron chi connectivity index (χ3n) is 4.74. The van der Waals surface area contributed by atoms with Gasteiger partial charge in [-0.05, 0) is 56.6 Å². The molecule has 0 radical (unpaired) electrons. The molecule has 1 aromatic carbocycles. The van der Waals surface area contributed by atoms with Crippen molar-refractivity contribution in [3.63, 3.8) is 0 Å². The minimum Gasteiger partial charge on any atom is -0.317 e. The predicted octanol–water partition coefficient (Wildman–Crippen LogP) is 3.02. The molecule has 2 saturated carbocycles. The third-order valence-corrected chi connectivity index (χ3v) is 4.74. The van der Waals surface area contributed by atoms with E-state index < -0.39 is 0 Å². The molecule has 3 unspecified atom stereocenters. The highest BCUT2D eigenvalue weighted by molar-refractivity contribution is 5.37. The summed E-state index contributed by atoms with van der Waals surface area (Å²) in [5.74, 6) is 0.945.